The van der Waals surface area contributed by atoms with Crippen LogP contribution in [-0.2, 0) is 10.2 Å². The number of hydrogen-bond acceptors (Lipinski definition) is 2. The van der Waals surface area contributed by atoms with E-state index in [1.165, 1.54) is 6.20 Å². The van der Waals surface area contributed by atoms with Crippen molar-refractivity contribution in [2.24, 2.45) is 0 Å². The Hall–Kier alpha value is -1.09. The summed E-state index contributed by atoms with van der Waals surface area (Å²) >= 11 is 5.69. The molecule has 1 N–H and O–H groups in total. The van der Waals surface area contributed by atoms with Crippen molar-refractivity contribution in [1.82, 2.24) is 4.98 Å². The predicted molar refractivity (Wildman–Crippen MR) is 52.4 cm³/mol. The smallest absolute Gasteiger partial charge is 0.315 e. The lowest BCUT2D eigenvalue weighted by Crippen LogP contribution is -2.42. The second-order valence-corrected chi connectivity index (χ2v) is 4.04. The fourth-order valence-corrected chi connectivity index (χ4v) is 1.88. The van der Waals surface area contributed by atoms with Crippen molar-refractivity contribution >= 4 is 17.6 Å². The first kappa shape index (κ1) is 9.46. The highest BCUT2D eigenvalue weighted by atomic mass is 35.5. The van der Waals surface area contributed by atoms with Gasteiger partial charge in [0.1, 0.15) is 5.41 Å². The standard InChI is InChI=1S/C10H10ClNO2/c11-7-2-3-8(12-6-7)10(9(13)14)4-1-5-10/h2-3,6H,1,4-5H2,(H,13,14). The van der Waals surface area contributed by atoms with E-state index in [9.17, 15) is 4.79 Å². The minimum atomic E-state index is -0.779. The van der Waals surface area contributed by atoms with Crippen molar-refractivity contribution < 1.29 is 9.90 Å². The fraction of sp³-hybridized carbons (Fsp3) is 0.400. The third kappa shape index (κ3) is 1.28. The number of nitrogens with zero attached hydrogens (tertiary/aromatic N) is 1. The van der Waals surface area contributed by atoms with Crippen LogP contribution in [0.15, 0.2) is 18.3 Å². The van der Waals surface area contributed by atoms with Crippen LogP contribution in [0.2, 0.25) is 5.02 Å². The summed E-state index contributed by atoms with van der Waals surface area (Å²) in [6.07, 6.45) is 3.81. The van der Waals surface area contributed by atoms with E-state index in [0.717, 1.165) is 6.42 Å². The van der Waals surface area contributed by atoms with Crippen LogP contribution in [-0.4, -0.2) is 16.1 Å². The van der Waals surface area contributed by atoms with Gasteiger partial charge >= 0.3 is 5.97 Å². The summed E-state index contributed by atoms with van der Waals surface area (Å²) in [4.78, 5) is 15.2. The van der Waals surface area contributed by atoms with Crippen LogP contribution in [0.25, 0.3) is 0 Å². The van der Waals surface area contributed by atoms with Gasteiger partial charge in [-0.2, -0.15) is 0 Å². The Morgan fingerprint density at radius 1 is 1.50 bits per heavy atom. The van der Waals surface area contributed by atoms with Crippen molar-refractivity contribution in [2.45, 2.75) is 24.7 Å². The van der Waals surface area contributed by atoms with Crippen LogP contribution in [0.5, 0.6) is 0 Å². The maximum Gasteiger partial charge on any atom is 0.315 e. The van der Waals surface area contributed by atoms with Crippen LogP contribution in [0.1, 0.15) is 25.0 Å². The number of carboxylic acid groups (broad SMARTS) is 1. The van der Waals surface area contributed by atoms with Crippen LogP contribution in [0.3, 0.4) is 0 Å². The molecule has 0 amide bonds. The van der Waals surface area contributed by atoms with E-state index in [2.05, 4.69) is 4.98 Å². The van der Waals surface area contributed by atoms with E-state index in [-0.39, 0.29) is 0 Å². The first-order chi connectivity index (χ1) is 6.65. The molecule has 2 rings (SSSR count). The average molecular weight is 212 g/mol. The summed E-state index contributed by atoms with van der Waals surface area (Å²) in [5, 5.41) is 9.67. The number of pyridine rings is 1. The van der Waals surface area contributed by atoms with Gasteiger partial charge in [-0.15, -0.1) is 0 Å². The van der Waals surface area contributed by atoms with Crippen molar-refractivity contribution in [3.8, 4) is 0 Å². The number of aliphatic carboxylic acids is 1. The Kier molecular flexibility index (Phi) is 2.19. The Morgan fingerprint density at radius 2 is 2.21 bits per heavy atom. The van der Waals surface area contributed by atoms with Crippen LogP contribution in [0.4, 0.5) is 0 Å². The molecule has 1 aliphatic rings. The molecule has 1 aromatic rings. The zero-order chi connectivity index (χ0) is 10.2. The summed E-state index contributed by atoms with van der Waals surface area (Å²) in [6.45, 7) is 0. The van der Waals surface area contributed by atoms with Crippen molar-refractivity contribution in [2.75, 3.05) is 0 Å². The van der Waals surface area contributed by atoms with Gasteiger partial charge in [-0.3, -0.25) is 9.78 Å². The van der Waals surface area contributed by atoms with Gasteiger partial charge in [-0.1, -0.05) is 18.0 Å². The molecule has 3 nitrogen and oxygen atoms in total. The van der Waals surface area contributed by atoms with Gasteiger partial charge in [0.2, 0.25) is 0 Å². The monoisotopic (exact) mass is 211 g/mol. The van der Waals surface area contributed by atoms with Gasteiger partial charge in [-0.05, 0) is 25.0 Å². The molecule has 0 unspecified atom stereocenters. The van der Waals surface area contributed by atoms with E-state index in [1.54, 1.807) is 12.1 Å². The molecule has 1 fully saturated rings. The first-order valence-electron chi connectivity index (χ1n) is 4.50. The third-order valence-corrected chi connectivity index (χ3v) is 3.06. The zero-order valence-corrected chi connectivity index (χ0v) is 8.29. The van der Waals surface area contributed by atoms with E-state index in [0.29, 0.717) is 23.6 Å². The van der Waals surface area contributed by atoms with E-state index < -0.39 is 11.4 Å². The van der Waals surface area contributed by atoms with Gasteiger partial charge in [-0.25, -0.2) is 0 Å². The van der Waals surface area contributed by atoms with Crippen molar-refractivity contribution in [1.29, 1.82) is 0 Å². The number of hydrogen-bond donors (Lipinski definition) is 1. The Labute approximate surface area is 86.7 Å². The van der Waals surface area contributed by atoms with Crippen molar-refractivity contribution in [3.63, 3.8) is 0 Å². The molecule has 0 radical (unpaired) electrons. The normalized spacial score (nSPS) is 18.6. The highest BCUT2D eigenvalue weighted by Crippen LogP contribution is 2.43. The van der Waals surface area contributed by atoms with Gasteiger partial charge in [0.25, 0.3) is 0 Å². The molecule has 14 heavy (non-hydrogen) atoms. The topological polar surface area (TPSA) is 50.2 Å². The van der Waals surface area contributed by atoms with Gasteiger partial charge in [0, 0.05) is 6.20 Å². The predicted octanol–water partition coefficient (Wildman–Crippen LogP) is 2.24. The first-order valence-corrected chi connectivity index (χ1v) is 4.88. The molecular weight excluding hydrogens is 202 g/mol. The number of carboxylic acids is 1. The summed E-state index contributed by atoms with van der Waals surface area (Å²) in [6, 6.07) is 3.39. The van der Waals surface area contributed by atoms with Gasteiger partial charge in [0.05, 0.1) is 10.7 Å². The van der Waals surface area contributed by atoms with Crippen molar-refractivity contribution in [3.05, 3.63) is 29.0 Å². The fourth-order valence-electron chi connectivity index (χ4n) is 1.77. The lowest BCUT2D eigenvalue weighted by molar-refractivity contribution is -0.147. The zero-order valence-electron chi connectivity index (χ0n) is 7.53. The van der Waals surface area contributed by atoms with E-state index >= 15 is 0 Å². The van der Waals surface area contributed by atoms with Gasteiger partial charge < -0.3 is 5.11 Å². The van der Waals surface area contributed by atoms with E-state index in [1.807, 2.05) is 0 Å². The second-order valence-electron chi connectivity index (χ2n) is 3.60. The molecular formula is C10H10ClNO2. The lowest BCUT2D eigenvalue weighted by Gasteiger charge is -2.36. The molecule has 0 saturated heterocycles. The highest BCUT2D eigenvalue weighted by molar-refractivity contribution is 6.30. The SMILES string of the molecule is O=C(O)C1(c2ccc(Cl)cn2)CCC1. The molecule has 0 aliphatic heterocycles. The Bertz CT molecular complexity index is 357. The maximum atomic E-state index is 11.1. The molecule has 1 aromatic heterocycles. The Morgan fingerprint density at radius 3 is 2.57 bits per heavy atom. The second kappa shape index (κ2) is 3.24. The van der Waals surface area contributed by atoms with Crippen LogP contribution < -0.4 is 0 Å². The maximum absolute atomic E-state index is 11.1. The number of rotatable bonds is 2. The van der Waals surface area contributed by atoms with Gasteiger partial charge in [0.15, 0.2) is 0 Å². The quantitative estimate of drug-likeness (QED) is 0.816. The minimum Gasteiger partial charge on any atom is -0.481 e. The summed E-state index contributed by atoms with van der Waals surface area (Å²) in [5.74, 6) is -0.779. The molecule has 1 saturated carbocycles. The molecule has 0 spiro atoms. The highest BCUT2D eigenvalue weighted by Gasteiger charge is 2.47. The molecule has 0 aromatic carbocycles. The summed E-state index contributed by atoms with van der Waals surface area (Å²) < 4.78 is 0. The third-order valence-electron chi connectivity index (χ3n) is 2.83. The molecule has 0 atom stereocenters. The molecule has 0 bridgehead atoms. The average Bonchev–Trinajstić information content (AvgIpc) is 2.05. The molecule has 4 heteroatoms. The molecule has 74 valence electrons. The lowest BCUT2D eigenvalue weighted by atomic mass is 9.66. The molecule has 1 aliphatic carbocycles. The summed E-state index contributed by atoms with van der Waals surface area (Å²) in [5.41, 5.74) is -0.120. The summed E-state index contributed by atoms with van der Waals surface area (Å²) in [7, 11) is 0. The van der Waals surface area contributed by atoms with E-state index in [4.69, 9.17) is 16.7 Å². The van der Waals surface area contributed by atoms with Crippen LogP contribution >= 0.6 is 11.6 Å². The largest absolute Gasteiger partial charge is 0.481 e. The number of carbonyl (C=O) groups is 1. The molecule has 1 heterocycles. The minimum absolute atomic E-state index is 0.536. The number of aromatic nitrogens is 1. The Balaban J connectivity index is 2.37. The van der Waals surface area contributed by atoms with Crippen LogP contribution in [0, 0.1) is 0 Å². The number of halogens is 1.